The second kappa shape index (κ2) is 17.9. The van der Waals surface area contributed by atoms with Gasteiger partial charge in [-0.05, 0) is 100 Å². The van der Waals surface area contributed by atoms with Gasteiger partial charge in [-0.15, -0.1) is 0 Å². The fourth-order valence-electron chi connectivity index (χ4n) is 8.65. The number of piperidine rings is 1. The molecule has 7 rings (SSSR count). The predicted octanol–water partition coefficient (Wildman–Crippen LogP) is 5.66. The molecule has 3 aromatic rings. The second-order valence-electron chi connectivity index (χ2n) is 16.8. The molecule has 15 nitrogen and oxygen atoms in total. The van der Waals surface area contributed by atoms with Crippen LogP contribution in [-0.4, -0.2) is 100.0 Å². The zero-order chi connectivity index (χ0) is 45.4. The lowest BCUT2D eigenvalue weighted by molar-refractivity contribution is -0.138. The van der Waals surface area contributed by atoms with Gasteiger partial charge >= 0.3 is 6.18 Å². The van der Waals surface area contributed by atoms with E-state index in [0.29, 0.717) is 74.0 Å². The average molecular weight is 885 g/mol. The van der Waals surface area contributed by atoms with Crippen LogP contribution in [0.1, 0.15) is 88.0 Å². The number of halogens is 3. The number of alkyl halides is 3. The summed E-state index contributed by atoms with van der Waals surface area (Å²) in [5.41, 5.74) is -0.356. The van der Waals surface area contributed by atoms with Crippen LogP contribution < -0.4 is 30.5 Å². The molecule has 3 aliphatic heterocycles. The van der Waals surface area contributed by atoms with Crippen LogP contribution in [0.5, 0.6) is 5.88 Å². The number of aromatic nitrogens is 1. The van der Waals surface area contributed by atoms with E-state index in [1.54, 1.807) is 35.4 Å². The molecule has 330 valence electrons. The molecule has 1 aromatic heterocycles. The van der Waals surface area contributed by atoms with Crippen molar-refractivity contribution in [1.82, 2.24) is 20.1 Å². The number of nitrogens with zero attached hydrogens (tertiary/aromatic N) is 7. The number of amides is 4. The van der Waals surface area contributed by atoms with Crippen molar-refractivity contribution in [1.29, 1.82) is 10.5 Å². The molecule has 4 fully saturated rings. The van der Waals surface area contributed by atoms with E-state index in [9.17, 15) is 42.9 Å². The summed E-state index contributed by atoms with van der Waals surface area (Å²) in [6.45, 7) is 10.4. The minimum absolute atomic E-state index is 0.0144. The lowest BCUT2D eigenvalue weighted by Gasteiger charge is -2.43. The van der Waals surface area contributed by atoms with Crippen LogP contribution in [0.4, 0.5) is 35.9 Å². The van der Waals surface area contributed by atoms with E-state index < -0.39 is 40.7 Å². The van der Waals surface area contributed by atoms with Crippen LogP contribution in [0.2, 0.25) is 0 Å². The minimum Gasteiger partial charge on any atom is -0.476 e. The molecular formula is C44H47F3N10O5S. The highest BCUT2D eigenvalue weighted by molar-refractivity contribution is 7.81. The normalized spacial score (nSPS) is 21.5. The first kappa shape index (κ1) is 44.9. The number of carbonyl (C=O) groups is 4. The van der Waals surface area contributed by atoms with Gasteiger partial charge in [0.15, 0.2) is 5.11 Å². The summed E-state index contributed by atoms with van der Waals surface area (Å²) in [5, 5.41) is 27.2. The molecule has 63 heavy (non-hydrogen) atoms. The summed E-state index contributed by atoms with van der Waals surface area (Å²) in [5.74, 6) is -1.10. The number of piperazine rings is 1. The third kappa shape index (κ3) is 9.18. The molecule has 1 spiro atoms. The Kier molecular flexibility index (Phi) is 12.8. The number of imide groups is 1. The Labute approximate surface area is 368 Å². The molecule has 3 atom stereocenters. The fraction of sp³-hybridized carbons (Fsp3) is 0.455. The first-order valence-electron chi connectivity index (χ1n) is 20.8. The molecule has 3 saturated heterocycles. The maximum absolute atomic E-state index is 14.0. The number of hydrogen-bond donors (Lipinski definition) is 3. The van der Waals surface area contributed by atoms with Crippen molar-refractivity contribution in [2.24, 2.45) is 0 Å². The number of anilines is 4. The van der Waals surface area contributed by atoms with Gasteiger partial charge < -0.3 is 20.3 Å². The fourth-order valence-corrected chi connectivity index (χ4v) is 9.12. The van der Waals surface area contributed by atoms with Crippen molar-refractivity contribution >= 4 is 63.7 Å². The lowest BCUT2D eigenvalue weighted by atomic mass is 9.75. The molecular weight excluding hydrogens is 838 g/mol. The van der Waals surface area contributed by atoms with Crippen LogP contribution in [0.25, 0.3) is 0 Å². The summed E-state index contributed by atoms with van der Waals surface area (Å²) in [4.78, 5) is 63.1. The Morgan fingerprint density at radius 3 is 2.38 bits per heavy atom. The van der Waals surface area contributed by atoms with Gasteiger partial charge in [0.25, 0.3) is 5.91 Å². The molecule has 2 aromatic carbocycles. The SMILES string of the molecule is CC(C)c1cc(N2C(=S)N(c3ccc(C#N)c(C(F)(F)F)c3)C(=O)C23CCC3)cnc1OCCN1C[C@@H](C)N(CC(=O)Nc2cc(C#N)cc(NC3CCC(=O)NC3=O)c2)C[C@H]1C. The Bertz CT molecular complexity index is 2430. The smallest absolute Gasteiger partial charge is 0.417 e. The first-order valence-corrected chi connectivity index (χ1v) is 21.2. The Hall–Kier alpha value is -6.15. The molecule has 0 bridgehead atoms. The molecule has 0 radical (unpaired) electrons. The molecule has 1 saturated carbocycles. The monoisotopic (exact) mass is 884 g/mol. The van der Waals surface area contributed by atoms with Crippen LogP contribution in [0.15, 0.2) is 48.7 Å². The van der Waals surface area contributed by atoms with Crippen LogP contribution in [-0.2, 0) is 25.4 Å². The van der Waals surface area contributed by atoms with Gasteiger partial charge in [-0.3, -0.25) is 39.2 Å². The zero-order valence-electron chi connectivity index (χ0n) is 35.2. The van der Waals surface area contributed by atoms with Crippen molar-refractivity contribution in [3.8, 4) is 18.0 Å². The number of hydrogen-bond acceptors (Lipinski definition) is 12. The number of carbonyl (C=O) groups excluding carboxylic acids is 4. The van der Waals surface area contributed by atoms with E-state index >= 15 is 0 Å². The maximum Gasteiger partial charge on any atom is 0.417 e. The summed E-state index contributed by atoms with van der Waals surface area (Å²) in [6, 6.07) is 12.9. The standard InChI is InChI=1S/C44H47F3N10O5S/c1-25(2)34-17-33(57-42(63)56(41(61)43(57)10-5-11-43)32-7-6-29(20-49)35(18-32)44(45,46)47)21-50-40(34)62-13-12-54-22-27(4)55(23-26(54)3)24-38(59)52-31-15-28(19-48)14-30(16-31)51-36-8-9-37(58)53-39(36)60/h6-7,14-18,21,25-27,36,51H,5,8-13,22-24H2,1-4H3,(H,52,59)(H,53,58,60)/t26-,27-,36?/m1/s1. The molecule has 19 heteroatoms. The van der Waals surface area contributed by atoms with Gasteiger partial charge in [-0.25, -0.2) is 4.98 Å². The van der Waals surface area contributed by atoms with Crippen molar-refractivity contribution < 1.29 is 37.1 Å². The van der Waals surface area contributed by atoms with Gasteiger partial charge in [0.2, 0.25) is 23.6 Å². The number of nitrogens with one attached hydrogen (secondary N) is 3. The third-order valence-corrected chi connectivity index (χ3v) is 12.5. The minimum atomic E-state index is -4.81. The van der Waals surface area contributed by atoms with Crippen molar-refractivity contribution in [3.63, 3.8) is 0 Å². The largest absolute Gasteiger partial charge is 0.476 e. The Balaban J connectivity index is 0.969. The molecule has 1 unspecified atom stereocenters. The van der Waals surface area contributed by atoms with E-state index in [2.05, 4.69) is 43.7 Å². The summed E-state index contributed by atoms with van der Waals surface area (Å²) in [7, 11) is 0. The highest BCUT2D eigenvalue weighted by Gasteiger charge is 2.60. The Morgan fingerprint density at radius 1 is 1.02 bits per heavy atom. The first-order chi connectivity index (χ1) is 29.9. The van der Waals surface area contributed by atoms with Crippen LogP contribution in [0.3, 0.4) is 0 Å². The quantitative estimate of drug-likeness (QED) is 0.150. The molecule has 4 aliphatic rings. The van der Waals surface area contributed by atoms with Gasteiger partial charge in [-0.1, -0.05) is 13.8 Å². The van der Waals surface area contributed by atoms with Crippen LogP contribution >= 0.6 is 12.2 Å². The van der Waals surface area contributed by atoms with E-state index in [-0.39, 0.29) is 53.6 Å². The Morgan fingerprint density at radius 2 is 1.73 bits per heavy atom. The third-order valence-electron chi connectivity index (χ3n) is 12.2. The van der Waals surface area contributed by atoms with E-state index in [0.717, 1.165) is 29.0 Å². The molecule has 4 heterocycles. The number of pyridine rings is 1. The number of benzene rings is 2. The molecule has 4 amide bonds. The highest BCUT2D eigenvalue weighted by atomic mass is 32.1. The van der Waals surface area contributed by atoms with E-state index in [1.807, 2.05) is 26.8 Å². The van der Waals surface area contributed by atoms with Crippen molar-refractivity contribution in [2.75, 3.05) is 53.2 Å². The average Bonchev–Trinajstić information content (AvgIpc) is 3.46. The van der Waals surface area contributed by atoms with E-state index in [4.69, 9.17) is 17.0 Å². The number of rotatable bonds is 12. The topological polar surface area (TPSA) is 187 Å². The second-order valence-corrected chi connectivity index (χ2v) is 17.2. The van der Waals surface area contributed by atoms with Crippen molar-refractivity contribution in [2.45, 2.75) is 95.6 Å². The zero-order valence-corrected chi connectivity index (χ0v) is 36.0. The maximum atomic E-state index is 14.0. The summed E-state index contributed by atoms with van der Waals surface area (Å²) in [6.07, 6.45) is -1.08. The van der Waals surface area contributed by atoms with Crippen LogP contribution in [0, 0.1) is 22.7 Å². The highest BCUT2D eigenvalue weighted by Crippen LogP contribution is 2.49. The number of ether oxygens (including phenoxy) is 1. The lowest BCUT2D eigenvalue weighted by Crippen LogP contribution is -2.58. The van der Waals surface area contributed by atoms with Crippen molar-refractivity contribution in [3.05, 3.63) is 70.9 Å². The number of thiocarbonyl (C=S) groups is 1. The summed E-state index contributed by atoms with van der Waals surface area (Å²) < 4.78 is 48.0. The van der Waals surface area contributed by atoms with E-state index in [1.165, 1.54) is 6.07 Å². The predicted molar refractivity (Wildman–Crippen MR) is 231 cm³/mol. The van der Waals surface area contributed by atoms with Gasteiger partial charge in [-0.2, -0.15) is 23.7 Å². The molecule has 1 aliphatic carbocycles. The van der Waals surface area contributed by atoms with Gasteiger partial charge in [0.05, 0.1) is 52.9 Å². The summed E-state index contributed by atoms with van der Waals surface area (Å²) >= 11 is 5.82. The van der Waals surface area contributed by atoms with Gasteiger partial charge in [0.1, 0.15) is 18.2 Å². The van der Waals surface area contributed by atoms with Gasteiger partial charge in [0, 0.05) is 55.1 Å². The number of nitriles is 2. The molecule has 3 N–H and O–H groups in total.